The lowest BCUT2D eigenvalue weighted by molar-refractivity contribution is -0.192. The predicted molar refractivity (Wildman–Crippen MR) is 157 cm³/mol. The van der Waals surface area contributed by atoms with Gasteiger partial charge in [0, 0.05) is 11.9 Å². The van der Waals surface area contributed by atoms with Crippen molar-refractivity contribution in [3.8, 4) is 0 Å². The van der Waals surface area contributed by atoms with Crippen LogP contribution >= 0.6 is 0 Å². The molecule has 2 saturated heterocycles. The molecule has 3 aliphatic heterocycles. The number of nitrogens with one attached hydrogen (secondary N) is 3. The highest BCUT2D eigenvalue weighted by atomic mass is 16.7. The standard InChI is InChI=1S/C31H39N5O7/c1-18(2)26-28(38)33-20(4)29(39)36-13-5-6-24(35-36)27(37)32-19(3)23-10-9-22-8-7-21(14-25(22)34-23)11-12-31(30(40)43-26)15-41-17-42-16-31/h7-12,14,18-20,24,26,35H,5-6,13,15-17H2,1-4H3,(H,32,37)(H,33,38)/b12-11-/t19-,20+,24+,26+/m1/s1. The number of carbonyl (C=O) groups is 4. The molecule has 0 radical (unpaired) electrons. The molecule has 2 fully saturated rings. The summed E-state index contributed by atoms with van der Waals surface area (Å²) >= 11 is 0. The van der Waals surface area contributed by atoms with Crippen molar-refractivity contribution in [2.45, 2.75) is 64.8 Å². The summed E-state index contributed by atoms with van der Waals surface area (Å²) in [5.74, 6) is -2.30. The third-order valence-corrected chi connectivity index (χ3v) is 8.02. The Kier molecular flexibility index (Phi) is 9.09. The smallest absolute Gasteiger partial charge is 0.321 e. The van der Waals surface area contributed by atoms with Gasteiger partial charge < -0.3 is 24.8 Å². The van der Waals surface area contributed by atoms with Crippen molar-refractivity contribution in [3.63, 3.8) is 0 Å². The number of hydrogen-bond donors (Lipinski definition) is 3. The van der Waals surface area contributed by atoms with Crippen molar-refractivity contribution in [2.24, 2.45) is 11.3 Å². The fourth-order valence-electron chi connectivity index (χ4n) is 5.42. The number of fused-ring (bicyclic) bond motifs is 4. The summed E-state index contributed by atoms with van der Waals surface area (Å²) in [6.07, 6.45) is 3.46. The zero-order chi connectivity index (χ0) is 30.7. The monoisotopic (exact) mass is 593 g/mol. The maximum Gasteiger partial charge on any atom is 0.321 e. The maximum absolute atomic E-state index is 13.7. The van der Waals surface area contributed by atoms with Crippen LogP contribution in [0.2, 0.25) is 0 Å². The van der Waals surface area contributed by atoms with Gasteiger partial charge in [0.25, 0.3) is 11.8 Å². The summed E-state index contributed by atoms with van der Waals surface area (Å²) in [5, 5.41) is 7.99. The highest BCUT2D eigenvalue weighted by Crippen LogP contribution is 2.29. The second-order valence-electron chi connectivity index (χ2n) is 11.8. The zero-order valence-electron chi connectivity index (χ0n) is 24.9. The second kappa shape index (κ2) is 12.8. The van der Waals surface area contributed by atoms with Crippen molar-refractivity contribution in [2.75, 3.05) is 26.6 Å². The first-order valence-electron chi connectivity index (χ1n) is 14.7. The van der Waals surface area contributed by atoms with E-state index in [1.54, 1.807) is 32.9 Å². The van der Waals surface area contributed by atoms with Crippen LogP contribution < -0.4 is 16.1 Å². The first-order chi connectivity index (χ1) is 20.6. The number of aromatic nitrogens is 1. The molecule has 1 aromatic carbocycles. The molecule has 230 valence electrons. The van der Waals surface area contributed by atoms with Gasteiger partial charge in [-0.2, -0.15) is 0 Å². The molecule has 12 nitrogen and oxygen atoms in total. The van der Waals surface area contributed by atoms with Crippen LogP contribution in [-0.2, 0) is 33.4 Å². The second-order valence-corrected chi connectivity index (χ2v) is 11.8. The van der Waals surface area contributed by atoms with Gasteiger partial charge in [0.15, 0.2) is 6.10 Å². The van der Waals surface area contributed by atoms with Crippen molar-refractivity contribution >= 4 is 40.7 Å². The van der Waals surface area contributed by atoms with E-state index in [1.165, 1.54) is 5.01 Å². The molecule has 4 atom stereocenters. The van der Waals surface area contributed by atoms with Gasteiger partial charge in [-0.3, -0.25) is 29.2 Å². The Balaban J connectivity index is 1.53. The Hall–Kier alpha value is -3.87. The summed E-state index contributed by atoms with van der Waals surface area (Å²) < 4.78 is 16.9. The van der Waals surface area contributed by atoms with E-state index in [1.807, 2.05) is 37.3 Å². The quantitative estimate of drug-likeness (QED) is 0.422. The molecule has 3 N–H and O–H groups in total. The van der Waals surface area contributed by atoms with Gasteiger partial charge in [0.2, 0.25) is 5.91 Å². The molecule has 3 amide bonds. The number of ether oxygens (including phenoxy) is 3. The molecular formula is C31H39N5O7. The third kappa shape index (κ3) is 6.71. The van der Waals surface area contributed by atoms with Gasteiger partial charge in [0.05, 0.1) is 30.5 Å². The van der Waals surface area contributed by atoms with E-state index >= 15 is 0 Å². The van der Waals surface area contributed by atoms with E-state index in [-0.39, 0.29) is 37.9 Å². The number of cyclic esters (lactones) is 1. The molecule has 0 saturated carbocycles. The summed E-state index contributed by atoms with van der Waals surface area (Å²) in [6, 6.07) is 7.60. The molecule has 3 aliphatic rings. The molecule has 0 aliphatic carbocycles. The summed E-state index contributed by atoms with van der Waals surface area (Å²) in [7, 11) is 0. The van der Waals surface area contributed by atoms with E-state index in [0.717, 1.165) is 16.5 Å². The molecule has 2 aromatic rings. The lowest BCUT2D eigenvalue weighted by Gasteiger charge is -2.36. The highest BCUT2D eigenvalue weighted by molar-refractivity contribution is 5.92. The minimum Gasteiger partial charge on any atom is -0.451 e. The number of esters is 1. The Labute approximate surface area is 250 Å². The highest BCUT2D eigenvalue weighted by Gasteiger charge is 2.44. The van der Waals surface area contributed by atoms with E-state index < -0.39 is 41.4 Å². The lowest BCUT2D eigenvalue weighted by atomic mass is 9.88. The maximum atomic E-state index is 13.7. The number of nitrogens with zero attached hydrogens (tertiary/aromatic N) is 2. The molecule has 1 aromatic heterocycles. The SMILES string of the molecule is CC(C)[C@@H]1OC(=O)C2(/C=C\c3ccc4ccc(nc4c3)[C@@H](C)NC(=O)[C@@H]3CCCN(N3)C(=O)[C@H](C)NC1=O)COCOC2. The normalized spacial score (nSPS) is 28.0. The third-order valence-electron chi connectivity index (χ3n) is 8.02. The van der Waals surface area contributed by atoms with Gasteiger partial charge >= 0.3 is 5.97 Å². The summed E-state index contributed by atoms with van der Waals surface area (Å²) in [6.45, 7) is 7.38. The fourth-order valence-corrected chi connectivity index (χ4v) is 5.42. The minimum absolute atomic E-state index is 0.0125. The Morgan fingerprint density at radius 3 is 2.44 bits per heavy atom. The van der Waals surface area contributed by atoms with Crippen LogP contribution in [0.5, 0.6) is 0 Å². The van der Waals surface area contributed by atoms with Crippen LogP contribution in [0.15, 0.2) is 36.4 Å². The van der Waals surface area contributed by atoms with Crippen LogP contribution in [0, 0.1) is 11.3 Å². The van der Waals surface area contributed by atoms with E-state index in [9.17, 15) is 19.2 Å². The molecule has 5 bridgehead atoms. The van der Waals surface area contributed by atoms with Gasteiger partial charge in [0.1, 0.15) is 24.3 Å². The molecule has 12 heteroatoms. The van der Waals surface area contributed by atoms with Crippen molar-refractivity contribution in [1.29, 1.82) is 0 Å². The van der Waals surface area contributed by atoms with Gasteiger partial charge in [-0.05, 0) is 50.3 Å². The largest absolute Gasteiger partial charge is 0.451 e. The van der Waals surface area contributed by atoms with E-state index in [4.69, 9.17) is 19.2 Å². The van der Waals surface area contributed by atoms with Crippen LogP contribution in [0.25, 0.3) is 17.0 Å². The van der Waals surface area contributed by atoms with Crippen molar-refractivity contribution in [1.82, 2.24) is 26.1 Å². The van der Waals surface area contributed by atoms with E-state index in [2.05, 4.69) is 16.1 Å². The minimum atomic E-state index is -1.29. The van der Waals surface area contributed by atoms with Gasteiger partial charge in [-0.15, -0.1) is 0 Å². The summed E-state index contributed by atoms with van der Waals surface area (Å²) in [5.41, 5.74) is 3.92. The number of hydrazine groups is 1. The molecule has 5 rings (SSSR count). The number of hydrogen-bond acceptors (Lipinski definition) is 9. The zero-order valence-corrected chi connectivity index (χ0v) is 24.9. The van der Waals surface area contributed by atoms with Crippen LogP contribution in [0.4, 0.5) is 0 Å². The number of benzene rings is 1. The van der Waals surface area contributed by atoms with Gasteiger partial charge in [-0.1, -0.05) is 44.2 Å². The average Bonchev–Trinajstić information content (AvgIpc) is 3.01. The fraction of sp³-hybridized carbons (Fsp3) is 0.516. The predicted octanol–water partition coefficient (Wildman–Crippen LogP) is 2.00. The Bertz CT molecular complexity index is 1420. The molecule has 0 unspecified atom stereocenters. The van der Waals surface area contributed by atoms with Gasteiger partial charge in [-0.25, -0.2) is 5.43 Å². The molecule has 1 spiro atoms. The number of amides is 3. The Morgan fingerprint density at radius 1 is 0.977 bits per heavy atom. The Morgan fingerprint density at radius 2 is 1.70 bits per heavy atom. The topological polar surface area (TPSA) is 148 Å². The number of carbonyl (C=O) groups excluding carboxylic acids is 4. The molecule has 4 heterocycles. The first kappa shape index (κ1) is 30.6. The average molecular weight is 594 g/mol. The van der Waals surface area contributed by atoms with E-state index in [0.29, 0.717) is 25.1 Å². The van der Waals surface area contributed by atoms with Crippen LogP contribution in [0.1, 0.15) is 57.8 Å². The lowest BCUT2D eigenvalue weighted by Crippen LogP contribution is -2.61. The molecule has 43 heavy (non-hydrogen) atoms. The van der Waals surface area contributed by atoms with Crippen molar-refractivity contribution < 1.29 is 33.4 Å². The molecular weight excluding hydrogens is 554 g/mol. The number of rotatable bonds is 1. The van der Waals surface area contributed by atoms with Crippen LogP contribution in [-0.4, -0.2) is 78.4 Å². The van der Waals surface area contributed by atoms with Crippen LogP contribution in [0.3, 0.4) is 0 Å². The van der Waals surface area contributed by atoms with Crippen molar-refractivity contribution in [3.05, 3.63) is 47.7 Å². The summed E-state index contributed by atoms with van der Waals surface area (Å²) in [4.78, 5) is 58.3. The first-order valence-corrected chi connectivity index (χ1v) is 14.7. The number of pyridine rings is 1.